The van der Waals surface area contributed by atoms with Crippen LogP contribution >= 0.6 is 11.8 Å². The van der Waals surface area contributed by atoms with Crippen molar-refractivity contribution >= 4 is 11.8 Å². The van der Waals surface area contributed by atoms with Crippen LogP contribution in [0, 0.1) is 23.5 Å². The van der Waals surface area contributed by atoms with E-state index in [1.807, 2.05) is 12.1 Å². The lowest BCUT2D eigenvalue weighted by Gasteiger charge is -2.04. The average Bonchev–Trinajstić information content (AvgIpc) is 2.42. The van der Waals surface area contributed by atoms with Crippen LogP contribution in [0.25, 0.3) is 0 Å². The minimum atomic E-state index is -0.330. The molecule has 1 nitrogen and oxygen atoms in total. The first-order valence-corrected chi connectivity index (χ1v) is 7.03. The molecule has 0 fully saturated rings. The van der Waals surface area contributed by atoms with E-state index in [4.69, 9.17) is 5.73 Å². The molecule has 0 spiro atoms. The van der Waals surface area contributed by atoms with E-state index in [1.165, 1.54) is 36.0 Å². The van der Waals surface area contributed by atoms with E-state index >= 15 is 0 Å². The Bertz CT molecular complexity index is 659. The number of halogens is 2. The van der Waals surface area contributed by atoms with Crippen molar-refractivity contribution in [2.24, 2.45) is 5.73 Å². The molecule has 2 aromatic rings. The molecule has 102 valence electrons. The zero-order valence-electron chi connectivity index (χ0n) is 10.7. The summed E-state index contributed by atoms with van der Waals surface area (Å²) in [5.74, 6) is 5.45. The third-order valence-electron chi connectivity index (χ3n) is 2.49. The predicted molar refractivity (Wildman–Crippen MR) is 78.3 cm³/mol. The van der Waals surface area contributed by atoms with Gasteiger partial charge in [0.2, 0.25) is 0 Å². The lowest BCUT2D eigenvalue weighted by atomic mass is 10.1. The summed E-state index contributed by atoms with van der Waals surface area (Å²) in [6.45, 7) is 0.240. The van der Waals surface area contributed by atoms with E-state index in [2.05, 4.69) is 11.8 Å². The van der Waals surface area contributed by atoms with Crippen LogP contribution < -0.4 is 5.73 Å². The van der Waals surface area contributed by atoms with E-state index in [0.29, 0.717) is 11.3 Å². The van der Waals surface area contributed by atoms with E-state index < -0.39 is 0 Å². The van der Waals surface area contributed by atoms with Crippen molar-refractivity contribution in [3.05, 3.63) is 65.2 Å². The molecule has 0 saturated carbocycles. The summed E-state index contributed by atoms with van der Waals surface area (Å²) in [5, 5.41) is 0. The summed E-state index contributed by atoms with van der Waals surface area (Å²) in [7, 11) is 0. The Balaban J connectivity index is 2.11. The normalized spacial score (nSPS) is 9.95. The number of hydrogen-bond donors (Lipinski definition) is 1. The van der Waals surface area contributed by atoms with Crippen molar-refractivity contribution in [1.82, 2.24) is 0 Å². The average molecular weight is 289 g/mol. The molecule has 0 heterocycles. The molecule has 0 aliphatic rings. The van der Waals surface area contributed by atoms with Gasteiger partial charge in [0.25, 0.3) is 0 Å². The molecular weight excluding hydrogens is 276 g/mol. The standard InChI is InChI=1S/C16H13F2NS/c17-14-4-1-5-16(10-14)20-11-13-7-12(3-2-6-19)8-15(18)9-13/h1,4-5,7-10H,6,11,19H2. The Kier molecular flexibility index (Phi) is 5.16. The Morgan fingerprint density at radius 1 is 1.05 bits per heavy atom. The van der Waals surface area contributed by atoms with Crippen molar-refractivity contribution in [3.63, 3.8) is 0 Å². The number of hydrogen-bond acceptors (Lipinski definition) is 2. The summed E-state index contributed by atoms with van der Waals surface area (Å²) in [5.41, 5.74) is 6.70. The second-order valence-corrected chi connectivity index (χ2v) is 5.15. The van der Waals surface area contributed by atoms with Crippen LogP contribution in [0.15, 0.2) is 47.4 Å². The van der Waals surface area contributed by atoms with Gasteiger partial charge in [-0.1, -0.05) is 17.9 Å². The molecule has 0 saturated heterocycles. The minimum Gasteiger partial charge on any atom is -0.320 e. The fourth-order valence-corrected chi connectivity index (χ4v) is 2.55. The first-order chi connectivity index (χ1) is 9.67. The lowest BCUT2D eigenvalue weighted by Crippen LogP contribution is -1.93. The van der Waals surface area contributed by atoms with Gasteiger partial charge in [0.15, 0.2) is 0 Å². The summed E-state index contributed by atoms with van der Waals surface area (Å²) >= 11 is 1.45. The van der Waals surface area contributed by atoms with Crippen molar-refractivity contribution in [1.29, 1.82) is 0 Å². The SMILES string of the molecule is NCC#Cc1cc(F)cc(CSc2cccc(F)c2)c1. The zero-order valence-corrected chi connectivity index (χ0v) is 11.5. The molecule has 0 amide bonds. The fourth-order valence-electron chi connectivity index (χ4n) is 1.68. The van der Waals surface area contributed by atoms with Crippen LogP contribution in [0.3, 0.4) is 0 Å². The van der Waals surface area contributed by atoms with E-state index in [-0.39, 0.29) is 18.2 Å². The Labute approximate surface area is 121 Å². The highest BCUT2D eigenvalue weighted by molar-refractivity contribution is 7.98. The maximum atomic E-state index is 13.5. The Hall–Kier alpha value is -1.83. The lowest BCUT2D eigenvalue weighted by molar-refractivity contribution is 0.624. The number of benzene rings is 2. The van der Waals surface area contributed by atoms with Crippen LogP contribution in [0.1, 0.15) is 11.1 Å². The summed E-state index contributed by atoms with van der Waals surface area (Å²) < 4.78 is 26.5. The molecule has 2 rings (SSSR count). The van der Waals surface area contributed by atoms with Crippen molar-refractivity contribution in [3.8, 4) is 11.8 Å². The highest BCUT2D eigenvalue weighted by atomic mass is 32.2. The number of rotatable bonds is 3. The fraction of sp³-hybridized carbons (Fsp3) is 0.125. The van der Waals surface area contributed by atoms with Crippen molar-refractivity contribution in [2.45, 2.75) is 10.6 Å². The van der Waals surface area contributed by atoms with E-state index in [1.54, 1.807) is 6.07 Å². The van der Waals surface area contributed by atoms with Gasteiger partial charge in [-0.2, -0.15) is 0 Å². The highest BCUT2D eigenvalue weighted by Crippen LogP contribution is 2.24. The second-order valence-electron chi connectivity index (χ2n) is 4.10. The molecule has 0 atom stereocenters. The van der Waals surface area contributed by atoms with Crippen LogP contribution in [0.5, 0.6) is 0 Å². The van der Waals surface area contributed by atoms with Gasteiger partial charge in [0.05, 0.1) is 6.54 Å². The van der Waals surface area contributed by atoms with Gasteiger partial charge in [-0.05, 0) is 42.0 Å². The number of thioether (sulfide) groups is 1. The molecule has 0 bridgehead atoms. The van der Waals surface area contributed by atoms with Crippen LogP contribution in [0.4, 0.5) is 8.78 Å². The quantitative estimate of drug-likeness (QED) is 0.690. The van der Waals surface area contributed by atoms with Gasteiger partial charge in [-0.25, -0.2) is 8.78 Å². The Morgan fingerprint density at radius 3 is 2.65 bits per heavy atom. The van der Waals surface area contributed by atoms with E-state index in [9.17, 15) is 8.78 Å². The van der Waals surface area contributed by atoms with Gasteiger partial charge in [-0.15, -0.1) is 11.8 Å². The number of nitrogens with two attached hydrogens (primary N) is 1. The molecule has 0 aromatic heterocycles. The summed E-state index contributed by atoms with van der Waals surface area (Å²) in [6.07, 6.45) is 0. The topological polar surface area (TPSA) is 26.0 Å². The first kappa shape index (κ1) is 14.6. The maximum Gasteiger partial charge on any atom is 0.124 e. The molecule has 0 unspecified atom stereocenters. The van der Waals surface area contributed by atoms with Crippen LogP contribution in [-0.2, 0) is 5.75 Å². The van der Waals surface area contributed by atoms with Gasteiger partial charge in [-0.3, -0.25) is 0 Å². The summed E-state index contributed by atoms with van der Waals surface area (Å²) in [4.78, 5) is 0.809. The van der Waals surface area contributed by atoms with E-state index in [0.717, 1.165) is 10.5 Å². The largest absolute Gasteiger partial charge is 0.320 e. The third-order valence-corrected chi connectivity index (χ3v) is 3.56. The molecule has 0 radical (unpaired) electrons. The molecule has 0 aliphatic heterocycles. The highest BCUT2D eigenvalue weighted by Gasteiger charge is 2.02. The molecule has 2 aromatic carbocycles. The minimum absolute atomic E-state index is 0.240. The smallest absolute Gasteiger partial charge is 0.124 e. The first-order valence-electron chi connectivity index (χ1n) is 6.04. The van der Waals surface area contributed by atoms with Crippen LogP contribution in [-0.4, -0.2) is 6.54 Å². The van der Waals surface area contributed by atoms with Gasteiger partial charge in [0.1, 0.15) is 11.6 Å². The summed E-state index contributed by atoms with van der Waals surface area (Å²) in [6, 6.07) is 11.0. The molecule has 4 heteroatoms. The zero-order chi connectivity index (χ0) is 14.4. The maximum absolute atomic E-state index is 13.5. The monoisotopic (exact) mass is 289 g/mol. The van der Waals surface area contributed by atoms with Crippen molar-refractivity contribution < 1.29 is 8.78 Å². The van der Waals surface area contributed by atoms with Gasteiger partial charge < -0.3 is 5.73 Å². The second kappa shape index (κ2) is 7.09. The van der Waals surface area contributed by atoms with Crippen LogP contribution in [0.2, 0.25) is 0 Å². The van der Waals surface area contributed by atoms with Crippen molar-refractivity contribution in [2.75, 3.05) is 6.54 Å². The molecule has 0 aliphatic carbocycles. The molecule has 2 N–H and O–H groups in total. The molecule has 20 heavy (non-hydrogen) atoms. The predicted octanol–water partition coefficient (Wildman–Crippen LogP) is 3.57. The van der Waals surface area contributed by atoms with Gasteiger partial charge in [0, 0.05) is 16.2 Å². The van der Waals surface area contributed by atoms with Gasteiger partial charge >= 0.3 is 0 Å². The molecular formula is C16H13F2NS. The third kappa shape index (κ3) is 4.37. The Morgan fingerprint density at radius 2 is 1.90 bits per heavy atom.